The molecule has 5 heteroatoms. The van der Waals surface area contributed by atoms with Crippen molar-refractivity contribution in [1.82, 2.24) is 9.80 Å². The first-order valence-electron chi connectivity index (χ1n) is 9.62. The van der Waals surface area contributed by atoms with E-state index in [1.807, 2.05) is 18.7 Å². The summed E-state index contributed by atoms with van der Waals surface area (Å²) in [6.45, 7) is 10.9. The molecule has 0 atom stereocenters. The quantitative estimate of drug-likeness (QED) is 0.830. The van der Waals surface area contributed by atoms with Gasteiger partial charge in [0.05, 0.1) is 12.0 Å². The lowest BCUT2D eigenvalue weighted by Gasteiger charge is -2.36. The lowest BCUT2D eigenvalue weighted by molar-refractivity contribution is -0.135. The van der Waals surface area contributed by atoms with Gasteiger partial charge in [-0.3, -0.25) is 4.79 Å². The van der Waals surface area contributed by atoms with Crippen LogP contribution >= 0.6 is 0 Å². The highest BCUT2D eigenvalue weighted by molar-refractivity contribution is 5.91. The molecule has 2 aliphatic rings. The van der Waals surface area contributed by atoms with Gasteiger partial charge in [-0.25, -0.2) is 4.79 Å². The highest BCUT2D eigenvalue weighted by Crippen LogP contribution is 2.50. The van der Waals surface area contributed by atoms with Gasteiger partial charge in [-0.15, -0.1) is 0 Å². The number of amides is 2. The van der Waals surface area contributed by atoms with Crippen molar-refractivity contribution in [3.63, 3.8) is 0 Å². The van der Waals surface area contributed by atoms with Crippen LogP contribution in [-0.4, -0.2) is 54.6 Å². The monoisotopic (exact) mass is 358 g/mol. The van der Waals surface area contributed by atoms with Crippen molar-refractivity contribution in [1.29, 1.82) is 0 Å². The van der Waals surface area contributed by atoms with Crippen LogP contribution in [0.1, 0.15) is 43.4 Å². The molecule has 0 bridgehead atoms. The second kappa shape index (κ2) is 7.29. The number of benzene rings is 1. The summed E-state index contributed by atoms with van der Waals surface area (Å²) < 4.78 is 5.30. The number of ether oxygens (including phenoxy) is 1. The Morgan fingerprint density at radius 3 is 2.04 bits per heavy atom. The third kappa shape index (κ3) is 3.87. The number of piperazine rings is 1. The molecule has 3 rings (SSSR count). The van der Waals surface area contributed by atoms with Gasteiger partial charge in [0.25, 0.3) is 0 Å². The molecule has 1 saturated carbocycles. The summed E-state index contributed by atoms with van der Waals surface area (Å²) in [5, 5.41) is 0. The normalized spacial score (nSPS) is 18.8. The van der Waals surface area contributed by atoms with Crippen molar-refractivity contribution in [2.75, 3.05) is 32.8 Å². The average molecular weight is 358 g/mol. The van der Waals surface area contributed by atoms with Gasteiger partial charge in [0, 0.05) is 26.2 Å². The number of carbonyl (C=O) groups excluding carboxylic acids is 2. The van der Waals surface area contributed by atoms with Gasteiger partial charge in [-0.05, 0) is 38.2 Å². The number of nitrogens with zero attached hydrogens (tertiary/aromatic N) is 2. The number of hydrogen-bond donors (Lipinski definition) is 0. The Bertz CT molecular complexity index is 666. The third-order valence-corrected chi connectivity index (χ3v) is 5.30. The minimum atomic E-state index is -0.336. The Labute approximate surface area is 156 Å². The van der Waals surface area contributed by atoms with E-state index in [9.17, 15) is 9.59 Å². The summed E-state index contributed by atoms with van der Waals surface area (Å²) in [7, 11) is 0. The summed E-state index contributed by atoms with van der Waals surface area (Å²) >= 11 is 0. The van der Waals surface area contributed by atoms with Gasteiger partial charge in [0.2, 0.25) is 5.91 Å². The van der Waals surface area contributed by atoms with E-state index in [0.717, 1.165) is 18.4 Å². The fourth-order valence-electron chi connectivity index (χ4n) is 3.73. The Hall–Kier alpha value is -2.04. The molecule has 0 N–H and O–H groups in total. The van der Waals surface area contributed by atoms with Gasteiger partial charge in [0.1, 0.15) is 0 Å². The van der Waals surface area contributed by atoms with Crippen molar-refractivity contribution in [2.45, 2.75) is 46.0 Å². The molecule has 0 radical (unpaired) electrons. The fraction of sp³-hybridized carbons (Fsp3) is 0.619. The van der Waals surface area contributed by atoms with Crippen LogP contribution in [0.15, 0.2) is 18.2 Å². The Balaban J connectivity index is 1.61. The van der Waals surface area contributed by atoms with Gasteiger partial charge in [0.15, 0.2) is 0 Å². The van der Waals surface area contributed by atoms with Crippen molar-refractivity contribution in [3.05, 3.63) is 34.9 Å². The lowest BCUT2D eigenvalue weighted by atomic mass is 9.91. The van der Waals surface area contributed by atoms with E-state index in [-0.39, 0.29) is 17.4 Å². The van der Waals surface area contributed by atoms with E-state index >= 15 is 0 Å². The van der Waals surface area contributed by atoms with Crippen LogP contribution < -0.4 is 0 Å². The van der Waals surface area contributed by atoms with Crippen LogP contribution in [0.25, 0.3) is 0 Å². The van der Waals surface area contributed by atoms with Crippen molar-refractivity contribution < 1.29 is 14.3 Å². The number of aryl methyl sites for hydroxylation is 2. The fourth-order valence-corrected chi connectivity index (χ4v) is 3.73. The standard InChI is InChI=1S/C21H30N2O3/c1-15(2)14-26-20(25)23-9-7-22(8-10-23)19(24)21(5-6-21)18-12-16(3)11-17(4)13-18/h11-13,15H,5-10,14H2,1-4H3. The van der Waals surface area contributed by atoms with Crippen LogP contribution in [0.4, 0.5) is 4.79 Å². The third-order valence-electron chi connectivity index (χ3n) is 5.30. The van der Waals surface area contributed by atoms with Gasteiger partial charge >= 0.3 is 6.09 Å². The summed E-state index contributed by atoms with van der Waals surface area (Å²) in [4.78, 5) is 28.9. The van der Waals surface area contributed by atoms with Crippen molar-refractivity contribution in [3.8, 4) is 0 Å². The molecule has 1 aromatic rings. The highest BCUT2D eigenvalue weighted by Gasteiger charge is 2.53. The maximum Gasteiger partial charge on any atom is 0.409 e. The molecule has 2 amide bonds. The van der Waals surface area contributed by atoms with E-state index in [2.05, 4.69) is 32.0 Å². The molecule has 1 saturated heterocycles. The Kier molecular flexibility index (Phi) is 5.26. The molecule has 5 nitrogen and oxygen atoms in total. The van der Waals surface area contributed by atoms with E-state index in [4.69, 9.17) is 4.74 Å². The Morgan fingerprint density at radius 1 is 1.00 bits per heavy atom. The van der Waals surface area contributed by atoms with Crippen LogP contribution in [-0.2, 0) is 14.9 Å². The summed E-state index contributed by atoms with van der Waals surface area (Å²) in [5.74, 6) is 0.548. The predicted octanol–water partition coefficient (Wildman–Crippen LogP) is 3.27. The predicted molar refractivity (Wildman–Crippen MR) is 101 cm³/mol. The Morgan fingerprint density at radius 2 is 1.54 bits per heavy atom. The molecular weight excluding hydrogens is 328 g/mol. The first kappa shape index (κ1) is 18.7. The first-order chi connectivity index (χ1) is 12.3. The molecule has 0 spiro atoms. The average Bonchev–Trinajstić information content (AvgIpc) is 3.40. The van der Waals surface area contributed by atoms with E-state index in [1.165, 1.54) is 11.1 Å². The van der Waals surface area contributed by atoms with Crippen LogP contribution in [0.2, 0.25) is 0 Å². The summed E-state index contributed by atoms with van der Waals surface area (Å²) in [6, 6.07) is 6.44. The van der Waals surface area contributed by atoms with Crippen LogP contribution in [0, 0.1) is 19.8 Å². The molecule has 1 aliphatic carbocycles. The van der Waals surface area contributed by atoms with E-state index in [0.29, 0.717) is 38.7 Å². The molecule has 1 heterocycles. The zero-order chi connectivity index (χ0) is 18.9. The number of carbonyl (C=O) groups is 2. The minimum absolute atomic E-state index is 0.220. The maximum absolute atomic E-state index is 13.2. The molecule has 26 heavy (non-hydrogen) atoms. The van der Waals surface area contributed by atoms with Gasteiger partial charge in [-0.1, -0.05) is 43.2 Å². The molecule has 2 fully saturated rings. The van der Waals surface area contributed by atoms with Crippen LogP contribution in [0.5, 0.6) is 0 Å². The number of hydrogen-bond acceptors (Lipinski definition) is 3. The van der Waals surface area contributed by atoms with E-state index in [1.54, 1.807) is 4.90 Å². The van der Waals surface area contributed by atoms with E-state index < -0.39 is 0 Å². The molecule has 142 valence electrons. The largest absolute Gasteiger partial charge is 0.449 e. The maximum atomic E-state index is 13.2. The zero-order valence-corrected chi connectivity index (χ0v) is 16.4. The smallest absolute Gasteiger partial charge is 0.409 e. The first-order valence-corrected chi connectivity index (χ1v) is 9.62. The minimum Gasteiger partial charge on any atom is -0.449 e. The molecule has 0 unspecified atom stereocenters. The molecular formula is C21H30N2O3. The van der Waals surface area contributed by atoms with Gasteiger partial charge in [-0.2, -0.15) is 0 Å². The van der Waals surface area contributed by atoms with Crippen LogP contribution in [0.3, 0.4) is 0 Å². The highest BCUT2D eigenvalue weighted by atomic mass is 16.6. The molecule has 1 aliphatic heterocycles. The van der Waals surface area contributed by atoms with Gasteiger partial charge < -0.3 is 14.5 Å². The number of rotatable bonds is 4. The molecule has 1 aromatic carbocycles. The SMILES string of the molecule is Cc1cc(C)cc(C2(C(=O)N3CCN(C(=O)OCC(C)C)CC3)CC2)c1. The van der Waals surface area contributed by atoms with Crippen molar-refractivity contribution in [2.24, 2.45) is 5.92 Å². The lowest BCUT2D eigenvalue weighted by Crippen LogP contribution is -2.53. The molecule has 0 aromatic heterocycles. The topological polar surface area (TPSA) is 49.9 Å². The summed E-state index contributed by atoms with van der Waals surface area (Å²) in [5.41, 5.74) is 3.23. The zero-order valence-electron chi connectivity index (χ0n) is 16.4. The summed E-state index contributed by atoms with van der Waals surface area (Å²) in [6.07, 6.45) is 1.58. The van der Waals surface area contributed by atoms with Crippen molar-refractivity contribution >= 4 is 12.0 Å². The second-order valence-corrected chi connectivity index (χ2v) is 8.21. The second-order valence-electron chi connectivity index (χ2n) is 8.21.